The average molecular weight is 369 g/mol. The summed E-state index contributed by atoms with van der Waals surface area (Å²) < 4.78 is 1.14. The first-order chi connectivity index (χ1) is 8.61. The van der Waals surface area contributed by atoms with Gasteiger partial charge < -0.3 is 4.90 Å². The molecule has 0 saturated carbocycles. The molecule has 0 aliphatic heterocycles. The molecule has 0 unspecified atom stereocenters. The Labute approximate surface area is 125 Å². The van der Waals surface area contributed by atoms with Gasteiger partial charge in [0.1, 0.15) is 0 Å². The van der Waals surface area contributed by atoms with E-state index in [0.29, 0.717) is 0 Å². The Balaban J connectivity index is 2.31. The summed E-state index contributed by atoms with van der Waals surface area (Å²) in [4.78, 5) is 2.18. The van der Waals surface area contributed by atoms with Gasteiger partial charge in [-0.05, 0) is 36.8 Å². The minimum atomic E-state index is 0.863. The van der Waals surface area contributed by atoms with Crippen LogP contribution in [0.4, 0.5) is 11.4 Å². The molecule has 3 heteroatoms. The Hall–Kier alpha value is -0.800. The summed E-state index contributed by atoms with van der Waals surface area (Å²) in [5.74, 6) is 0. The minimum Gasteiger partial charge on any atom is -0.345 e. The first-order valence-corrected chi connectivity index (χ1v) is 7.68. The lowest BCUT2D eigenvalue weighted by atomic mass is 10.2. The summed E-state index contributed by atoms with van der Waals surface area (Å²) in [5.41, 5.74) is 4.91. The van der Waals surface area contributed by atoms with E-state index in [0.717, 1.165) is 9.80 Å². The molecule has 1 nitrogen and oxygen atoms in total. The number of benzene rings is 2. The maximum Gasteiger partial charge on any atom is 0.0419 e. The molecule has 2 aromatic rings. The fourth-order valence-corrected chi connectivity index (χ4v) is 3.14. The van der Waals surface area contributed by atoms with E-state index in [1.165, 1.54) is 22.5 Å². The topological polar surface area (TPSA) is 3.24 Å². The number of hydrogen-bond acceptors (Lipinski definition) is 1. The summed E-state index contributed by atoms with van der Waals surface area (Å²) in [6.07, 6.45) is 0. The van der Waals surface area contributed by atoms with Crippen LogP contribution >= 0.6 is 31.9 Å². The van der Waals surface area contributed by atoms with Gasteiger partial charge in [-0.2, -0.15) is 0 Å². The molecule has 0 amide bonds. The maximum atomic E-state index is 3.60. The standard InChI is InChI=1S/C15H15Br2N/c1-11-3-6-13(7-4-11)18(2)14-8-5-12(10-16)15(17)9-14/h3-9H,10H2,1-2H3. The van der Waals surface area contributed by atoms with E-state index in [1.54, 1.807) is 0 Å². The predicted molar refractivity (Wildman–Crippen MR) is 86.0 cm³/mol. The van der Waals surface area contributed by atoms with E-state index in [4.69, 9.17) is 0 Å². The summed E-state index contributed by atoms with van der Waals surface area (Å²) in [5, 5.41) is 0.863. The molecule has 0 heterocycles. The molecule has 0 radical (unpaired) electrons. The molecule has 2 rings (SSSR count). The quantitative estimate of drug-likeness (QED) is 0.653. The second-order valence-electron chi connectivity index (χ2n) is 4.30. The highest BCUT2D eigenvalue weighted by Crippen LogP contribution is 2.29. The Morgan fingerprint density at radius 3 is 2.17 bits per heavy atom. The van der Waals surface area contributed by atoms with E-state index < -0.39 is 0 Å². The number of halogens is 2. The van der Waals surface area contributed by atoms with E-state index in [1.807, 2.05) is 0 Å². The van der Waals surface area contributed by atoms with Crippen LogP contribution in [-0.4, -0.2) is 7.05 Å². The number of anilines is 2. The number of alkyl halides is 1. The summed E-state index contributed by atoms with van der Waals surface area (Å²) >= 11 is 7.08. The lowest BCUT2D eigenvalue weighted by Gasteiger charge is -2.20. The van der Waals surface area contributed by atoms with Gasteiger partial charge in [-0.25, -0.2) is 0 Å². The van der Waals surface area contributed by atoms with Crippen molar-refractivity contribution >= 4 is 43.2 Å². The highest BCUT2D eigenvalue weighted by molar-refractivity contribution is 9.10. The van der Waals surface area contributed by atoms with Gasteiger partial charge in [-0.1, -0.05) is 55.6 Å². The Kier molecular flexibility index (Phi) is 4.46. The zero-order valence-electron chi connectivity index (χ0n) is 10.5. The van der Waals surface area contributed by atoms with Crippen LogP contribution in [-0.2, 0) is 5.33 Å². The molecule has 0 spiro atoms. The van der Waals surface area contributed by atoms with Crippen molar-refractivity contribution in [3.63, 3.8) is 0 Å². The lowest BCUT2D eigenvalue weighted by Crippen LogP contribution is -2.09. The van der Waals surface area contributed by atoms with Crippen molar-refractivity contribution in [3.05, 3.63) is 58.1 Å². The van der Waals surface area contributed by atoms with E-state index in [2.05, 4.69) is 93.2 Å². The third-order valence-corrected chi connectivity index (χ3v) is 4.33. The number of aryl methyl sites for hydroxylation is 1. The third-order valence-electron chi connectivity index (χ3n) is 2.99. The molecule has 0 aliphatic rings. The average Bonchev–Trinajstić information content (AvgIpc) is 2.38. The Morgan fingerprint density at radius 1 is 1.00 bits per heavy atom. The molecule has 0 N–H and O–H groups in total. The van der Waals surface area contributed by atoms with Crippen molar-refractivity contribution < 1.29 is 0 Å². The van der Waals surface area contributed by atoms with Crippen LogP contribution in [0, 0.1) is 6.92 Å². The van der Waals surface area contributed by atoms with Crippen molar-refractivity contribution in [2.24, 2.45) is 0 Å². The van der Waals surface area contributed by atoms with Crippen LogP contribution in [0.5, 0.6) is 0 Å². The molecule has 0 fully saturated rings. The van der Waals surface area contributed by atoms with Crippen molar-refractivity contribution in [2.45, 2.75) is 12.3 Å². The molecule has 18 heavy (non-hydrogen) atoms. The summed E-state index contributed by atoms with van der Waals surface area (Å²) in [6.45, 7) is 2.10. The minimum absolute atomic E-state index is 0.863. The number of hydrogen-bond donors (Lipinski definition) is 0. The number of rotatable bonds is 3. The fraction of sp³-hybridized carbons (Fsp3) is 0.200. The molecule has 94 valence electrons. The van der Waals surface area contributed by atoms with Crippen LogP contribution in [0.3, 0.4) is 0 Å². The molecule has 0 bridgehead atoms. The summed E-state index contributed by atoms with van der Waals surface area (Å²) in [7, 11) is 2.08. The van der Waals surface area contributed by atoms with Crippen LogP contribution in [0.15, 0.2) is 46.9 Å². The van der Waals surface area contributed by atoms with Gasteiger partial charge >= 0.3 is 0 Å². The first kappa shape index (κ1) is 13.6. The second-order valence-corrected chi connectivity index (χ2v) is 5.72. The van der Waals surface area contributed by atoms with Gasteiger partial charge in [0.2, 0.25) is 0 Å². The third kappa shape index (κ3) is 2.96. The van der Waals surface area contributed by atoms with E-state index >= 15 is 0 Å². The van der Waals surface area contributed by atoms with Crippen LogP contribution < -0.4 is 4.90 Å². The molecular formula is C15H15Br2N. The number of nitrogens with zero attached hydrogens (tertiary/aromatic N) is 1. The fourth-order valence-electron chi connectivity index (χ4n) is 1.77. The van der Waals surface area contributed by atoms with Crippen LogP contribution in [0.25, 0.3) is 0 Å². The van der Waals surface area contributed by atoms with Crippen LogP contribution in [0.2, 0.25) is 0 Å². The van der Waals surface area contributed by atoms with Gasteiger partial charge in [0.15, 0.2) is 0 Å². The van der Waals surface area contributed by atoms with Crippen molar-refractivity contribution in [3.8, 4) is 0 Å². The normalized spacial score (nSPS) is 10.4. The molecule has 0 aliphatic carbocycles. The monoisotopic (exact) mass is 367 g/mol. The SMILES string of the molecule is Cc1ccc(N(C)c2ccc(CBr)c(Br)c2)cc1. The summed E-state index contributed by atoms with van der Waals surface area (Å²) in [6, 6.07) is 15.0. The molecule has 0 atom stereocenters. The largest absolute Gasteiger partial charge is 0.345 e. The molecule has 0 saturated heterocycles. The molecular weight excluding hydrogens is 354 g/mol. The zero-order valence-corrected chi connectivity index (χ0v) is 13.6. The zero-order chi connectivity index (χ0) is 13.1. The van der Waals surface area contributed by atoms with Gasteiger partial charge in [0.25, 0.3) is 0 Å². The van der Waals surface area contributed by atoms with E-state index in [-0.39, 0.29) is 0 Å². The lowest BCUT2D eigenvalue weighted by molar-refractivity contribution is 1.19. The maximum absolute atomic E-state index is 3.60. The van der Waals surface area contributed by atoms with Crippen LogP contribution in [0.1, 0.15) is 11.1 Å². The highest BCUT2D eigenvalue weighted by Gasteiger charge is 2.06. The first-order valence-electron chi connectivity index (χ1n) is 5.76. The highest BCUT2D eigenvalue weighted by atomic mass is 79.9. The van der Waals surface area contributed by atoms with Crippen molar-refractivity contribution in [1.82, 2.24) is 0 Å². The smallest absolute Gasteiger partial charge is 0.0419 e. The predicted octanol–water partition coefficient (Wildman–Crippen LogP) is 5.42. The Morgan fingerprint density at radius 2 is 1.61 bits per heavy atom. The molecule has 0 aromatic heterocycles. The Bertz CT molecular complexity index is 535. The van der Waals surface area contributed by atoms with Gasteiger partial charge in [0, 0.05) is 28.2 Å². The second kappa shape index (κ2) is 5.89. The van der Waals surface area contributed by atoms with Gasteiger partial charge in [-0.15, -0.1) is 0 Å². The van der Waals surface area contributed by atoms with Gasteiger partial charge in [0.05, 0.1) is 0 Å². The van der Waals surface area contributed by atoms with Crippen molar-refractivity contribution in [2.75, 3.05) is 11.9 Å². The molecule has 2 aromatic carbocycles. The van der Waals surface area contributed by atoms with Gasteiger partial charge in [-0.3, -0.25) is 0 Å². The van der Waals surface area contributed by atoms with Crippen molar-refractivity contribution in [1.29, 1.82) is 0 Å². The van der Waals surface area contributed by atoms with E-state index in [9.17, 15) is 0 Å².